The van der Waals surface area contributed by atoms with Crippen molar-refractivity contribution in [2.24, 2.45) is 23.2 Å². The number of carboxylic acid groups (broad SMARTS) is 1. The lowest BCUT2D eigenvalue weighted by Gasteiger charge is -2.60. The molecule has 2 heterocycles. The van der Waals surface area contributed by atoms with Gasteiger partial charge in [0.15, 0.2) is 0 Å². The number of hydrogen-bond acceptors (Lipinski definition) is 9. The van der Waals surface area contributed by atoms with Crippen LogP contribution in [0, 0.1) is 23.2 Å². The average Bonchev–Trinajstić information content (AvgIpc) is 2.97. The molecule has 6 rings (SSSR count). The number of fused-ring (bicyclic) bond motifs is 3. The van der Waals surface area contributed by atoms with Gasteiger partial charge < -0.3 is 25.5 Å². The van der Waals surface area contributed by atoms with Crippen LogP contribution in [0.4, 0.5) is 23.5 Å². The average molecular weight is 561 g/mol. The van der Waals surface area contributed by atoms with Gasteiger partial charge in [-0.3, -0.25) is 14.6 Å². The Kier molecular flexibility index (Phi) is 8.23. The monoisotopic (exact) mass is 560 g/mol. The van der Waals surface area contributed by atoms with Gasteiger partial charge in [0, 0.05) is 57.4 Å². The van der Waals surface area contributed by atoms with Crippen LogP contribution >= 0.6 is 0 Å². The summed E-state index contributed by atoms with van der Waals surface area (Å²) in [7, 11) is 3.55. The minimum absolute atomic E-state index is 0.0234. The van der Waals surface area contributed by atoms with E-state index < -0.39 is 5.97 Å². The number of rotatable bonds is 12. The summed E-state index contributed by atoms with van der Waals surface area (Å²) in [6.07, 6.45) is 5.39. The molecule has 3 aromatic rings. The van der Waals surface area contributed by atoms with Crippen molar-refractivity contribution in [1.29, 1.82) is 0 Å². The van der Waals surface area contributed by atoms with Crippen LogP contribution in [0.25, 0.3) is 10.9 Å². The predicted molar refractivity (Wildman–Crippen MR) is 159 cm³/mol. The van der Waals surface area contributed by atoms with Crippen LogP contribution in [-0.2, 0) is 9.59 Å². The van der Waals surface area contributed by atoms with Crippen molar-refractivity contribution >= 4 is 46.3 Å². The molecule has 1 aromatic carbocycles. The van der Waals surface area contributed by atoms with Crippen LogP contribution in [0.3, 0.4) is 0 Å². The zero-order chi connectivity index (χ0) is 29.1. The van der Waals surface area contributed by atoms with Gasteiger partial charge in [0.2, 0.25) is 23.8 Å². The fraction of sp³-hybridized carbons (Fsp3) is 0.533. The van der Waals surface area contributed by atoms with E-state index in [0.717, 1.165) is 35.0 Å². The van der Waals surface area contributed by atoms with Gasteiger partial charge in [-0.25, -0.2) is 0 Å². The zero-order valence-electron chi connectivity index (χ0n) is 24.3. The van der Waals surface area contributed by atoms with E-state index in [2.05, 4.69) is 34.4 Å². The summed E-state index contributed by atoms with van der Waals surface area (Å²) < 4.78 is 0. The summed E-state index contributed by atoms with van der Waals surface area (Å²) >= 11 is 0. The maximum Gasteiger partial charge on any atom is 0.303 e. The van der Waals surface area contributed by atoms with Crippen LogP contribution in [-0.4, -0.2) is 75.5 Å². The highest BCUT2D eigenvalue weighted by atomic mass is 16.4. The molecule has 0 saturated heterocycles. The lowest BCUT2D eigenvalue weighted by molar-refractivity contribution is -0.140. The van der Waals surface area contributed by atoms with Crippen LogP contribution < -0.4 is 15.5 Å². The van der Waals surface area contributed by atoms with Crippen molar-refractivity contribution < 1.29 is 14.7 Å². The van der Waals surface area contributed by atoms with E-state index >= 15 is 0 Å². The molecule has 2 bridgehead atoms. The summed E-state index contributed by atoms with van der Waals surface area (Å²) in [6.45, 7) is 6.50. The smallest absolute Gasteiger partial charge is 0.303 e. The number of anilines is 4. The normalized spacial score (nSPS) is 20.6. The molecule has 0 spiro atoms. The lowest BCUT2D eigenvalue weighted by atomic mass is 9.45. The molecule has 2 aromatic heterocycles. The molecule has 3 N–H and O–H groups in total. The van der Waals surface area contributed by atoms with Crippen molar-refractivity contribution in [2.45, 2.75) is 46.0 Å². The van der Waals surface area contributed by atoms with Gasteiger partial charge in [-0.15, -0.1) is 0 Å². The quantitative estimate of drug-likeness (QED) is 0.292. The van der Waals surface area contributed by atoms with E-state index in [1.807, 2.05) is 42.3 Å². The molecule has 3 saturated carbocycles. The van der Waals surface area contributed by atoms with Crippen molar-refractivity contribution in [1.82, 2.24) is 24.8 Å². The number of hydrogen-bond donors (Lipinski definition) is 3. The first-order chi connectivity index (χ1) is 19.6. The Bertz CT molecular complexity index is 1410. The summed E-state index contributed by atoms with van der Waals surface area (Å²) in [5, 5.41) is 16.7. The van der Waals surface area contributed by atoms with Crippen molar-refractivity contribution in [2.75, 3.05) is 49.3 Å². The van der Waals surface area contributed by atoms with Gasteiger partial charge >= 0.3 is 5.97 Å². The lowest BCUT2D eigenvalue weighted by Crippen LogP contribution is -2.53. The molecule has 0 aliphatic heterocycles. The predicted octanol–water partition coefficient (Wildman–Crippen LogP) is 4.41. The van der Waals surface area contributed by atoms with Crippen LogP contribution in [0.5, 0.6) is 0 Å². The summed E-state index contributed by atoms with van der Waals surface area (Å²) in [5.41, 5.74) is 2.15. The zero-order valence-corrected chi connectivity index (χ0v) is 24.3. The Balaban J connectivity index is 1.31. The minimum atomic E-state index is -0.981. The van der Waals surface area contributed by atoms with Crippen molar-refractivity contribution in [3.63, 3.8) is 0 Å². The highest BCUT2D eigenvalue weighted by Crippen LogP contribution is 2.61. The number of likely N-dealkylation sites (N-methyl/N-ethyl adjacent to an activating group) is 2. The van der Waals surface area contributed by atoms with Gasteiger partial charge in [0.05, 0.1) is 11.9 Å². The molecular formula is C30H40N8O3. The molecule has 3 unspecified atom stereocenters. The molecule has 3 aliphatic rings. The SMILES string of the molecule is CN(CCN(C)c1nc(NCC2CCC3CC2C3(C)C)nc(Nc2ccc3ncccc3c2)n1)C(=O)CCC(=O)O. The number of pyridine rings is 1. The second kappa shape index (κ2) is 11.8. The third kappa shape index (κ3) is 6.49. The number of aromatic nitrogens is 4. The second-order valence-electron chi connectivity index (χ2n) is 12.0. The number of nitrogens with zero attached hydrogens (tertiary/aromatic N) is 6. The first-order valence-electron chi connectivity index (χ1n) is 14.4. The molecular weight excluding hydrogens is 520 g/mol. The Labute approximate surface area is 240 Å². The molecule has 3 aliphatic carbocycles. The molecule has 3 atom stereocenters. The summed E-state index contributed by atoms with van der Waals surface area (Å²) in [5.74, 6) is 2.38. The molecule has 3 fully saturated rings. The fourth-order valence-corrected chi connectivity index (χ4v) is 6.31. The standard InChI is InChI=1S/C30H40N8O3/c1-30(2)21-8-7-20(23(30)17-21)18-32-27-34-28(33-22-9-10-24-19(16-22)6-5-13-31-24)36-29(35-27)38(4)15-14-37(3)25(39)11-12-26(40)41/h5-6,9-10,13,16,20-21,23H,7-8,11-12,14-15,17-18H2,1-4H3,(H,40,41)(H2,32,33,34,35,36). The molecule has 1 amide bonds. The third-order valence-corrected chi connectivity index (χ3v) is 9.10. The van der Waals surface area contributed by atoms with E-state index in [-0.39, 0.29) is 18.7 Å². The fourth-order valence-electron chi connectivity index (χ4n) is 6.31. The number of carbonyl (C=O) groups excluding carboxylic acids is 1. The van der Waals surface area contributed by atoms with Gasteiger partial charge in [-0.2, -0.15) is 15.0 Å². The number of amides is 1. The number of nitrogens with one attached hydrogen (secondary N) is 2. The molecule has 218 valence electrons. The largest absolute Gasteiger partial charge is 0.481 e. The number of carbonyl (C=O) groups is 2. The number of aliphatic carboxylic acids is 1. The number of benzene rings is 1. The summed E-state index contributed by atoms with van der Waals surface area (Å²) in [6, 6.07) is 9.84. The van der Waals surface area contributed by atoms with E-state index in [1.165, 1.54) is 19.3 Å². The van der Waals surface area contributed by atoms with E-state index in [4.69, 9.17) is 15.1 Å². The van der Waals surface area contributed by atoms with Gasteiger partial charge in [0.1, 0.15) is 0 Å². The Morgan fingerprint density at radius 3 is 2.61 bits per heavy atom. The minimum Gasteiger partial charge on any atom is -0.481 e. The van der Waals surface area contributed by atoms with Crippen molar-refractivity contribution in [3.05, 3.63) is 36.5 Å². The molecule has 11 nitrogen and oxygen atoms in total. The van der Waals surface area contributed by atoms with E-state index in [0.29, 0.717) is 42.3 Å². The third-order valence-electron chi connectivity index (χ3n) is 9.10. The Morgan fingerprint density at radius 2 is 1.85 bits per heavy atom. The number of carboxylic acids is 1. The van der Waals surface area contributed by atoms with E-state index in [9.17, 15) is 9.59 Å². The summed E-state index contributed by atoms with van der Waals surface area (Å²) in [4.78, 5) is 45.1. The topological polar surface area (TPSA) is 136 Å². The first kappa shape index (κ1) is 28.5. The Hall–Kier alpha value is -4.02. The van der Waals surface area contributed by atoms with Gasteiger partial charge in [-0.1, -0.05) is 19.9 Å². The van der Waals surface area contributed by atoms with Gasteiger partial charge in [-0.05, 0) is 66.7 Å². The van der Waals surface area contributed by atoms with E-state index in [1.54, 1.807) is 18.1 Å². The maximum atomic E-state index is 12.3. The molecule has 0 radical (unpaired) electrons. The first-order valence-corrected chi connectivity index (χ1v) is 14.4. The Morgan fingerprint density at radius 1 is 1.05 bits per heavy atom. The van der Waals surface area contributed by atoms with Crippen LogP contribution in [0.1, 0.15) is 46.0 Å². The second-order valence-corrected chi connectivity index (χ2v) is 12.0. The van der Waals surface area contributed by atoms with Crippen LogP contribution in [0.15, 0.2) is 36.5 Å². The van der Waals surface area contributed by atoms with Crippen LogP contribution in [0.2, 0.25) is 0 Å². The highest BCUT2D eigenvalue weighted by Gasteiger charge is 2.53. The molecule has 11 heteroatoms. The molecule has 41 heavy (non-hydrogen) atoms. The highest BCUT2D eigenvalue weighted by molar-refractivity contribution is 5.83. The van der Waals surface area contributed by atoms with Gasteiger partial charge in [0.25, 0.3) is 0 Å². The maximum absolute atomic E-state index is 12.3. The van der Waals surface area contributed by atoms with Crippen molar-refractivity contribution in [3.8, 4) is 0 Å².